The van der Waals surface area contributed by atoms with E-state index in [9.17, 15) is 0 Å². The summed E-state index contributed by atoms with van der Waals surface area (Å²) in [5, 5.41) is 1.19. The number of rotatable bonds is 4. The zero-order valence-corrected chi connectivity index (χ0v) is 12.1. The van der Waals surface area contributed by atoms with Crippen LogP contribution in [0, 0.1) is 0 Å². The maximum Gasteiger partial charge on any atom is 0.137 e. The summed E-state index contributed by atoms with van der Waals surface area (Å²) in [7, 11) is 2.13. The Labute approximate surface area is 123 Å². The average molecular weight is 278 g/mol. The summed E-state index contributed by atoms with van der Waals surface area (Å²) in [5.74, 6) is 1.07. The van der Waals surface area contributed by atoms with E-state index in [0.29, 0.717) is 6.04 Å². The normalized spacial score (nSPS) is 14.5. The minimum atomic E-state index is 0.697. The third kappa shape index (κ3) is 2.37. The lowest BCUT2D eigenvalue weighted by molar-refractivity contribution is 0.889. The number of hydrogen-bond acceptors (Lipinski definition) is 3. The lowest BCUT2D eigenvalue weighted by atomic mass is 10.1. The van der Waals surface area contributed by atoms with Crippen molar-refractivity contribution in [3.63, 3.8) is 0 Å². The van der Waals surface area contributed by atoms with Gasteiger partial charge < -0.3 is 9.88 Å². The molecular formula is C17H18N4. The Bertz CT molecular complexity index is 756. The molecule has 3 aromatic rings. The molecule has 1 aliphatic rings. The first-order valence-electron chi connectivity index (χ1n) is 7.40. The highest BCUT2D eigenvalue weighted by Gasteiger charge is 2.26. The topological polar surface area (TPSA) is 44.8 Å². The van der Waals surface area contributed by atoms with Crippen LogP contribution in [0.2, 0.25) is 0 Å². The van der Waals surface area contributed by atoms with E-state index in [0.717, 1.165) is 17.9 Å². The quantitative estimate of drug-likeness (QED) is 0.797. The minimum absolute atomic E-state index is 0.697. The average Bonchev–Trinajstić information content (AvgIpc) is 3.30. The summed E-state index contributed by atoms with van der Waals surface area (Å²) in [5.41, 5.74) is 3.45. The fourth-order valence-corrected chi connectivity index (χ4v) is 2.76. The SMILES string of the molecule is CN(c1ccc(Cc2c[nH]c3ncccc23)cn1)C1CC1. The minimum Gasteiger partial charge on any atom is -0.357 e. The zero-order valence-electron chi connectivity index (χ0n) is 12.1. The number of hydrogen-bond donors (Lipinski definition) is 1. The lowest BCUT2D eigenvalue weighted by Crippen LogP contribution is -2.20. The first-order valence-corrected chi connectivity index (χ1v) is 7.40. The van der Waals surface area contributed by atoms with Crippen LogP contribution in [0.25, 0.3) is 11.0 Å². The smallest absolute Gasteiger partial charge is 0.137 e. The van der Waals surface area contributed by atoms with Gasteiger partial charge in [0, 0.05) is 43.5 Å². The van der Waals surface area contributed by atoms with Crippen LogP contribution in [0.4, 0.5) is 5.82 Å². The first-order chi connectivity index (χ1) is 10.3. The van der Waals surface area contributed by atoms with E-state index in [1.165, 1.54) is 29.4 Å². The third-order valence-electron chi connectivity index (χ3n) is 4.20. The van der Waals surface area contributed by atoms with E-state index in [1.807, 2.05) is 24.7 Å². The number of H-pyrrole nitrogens is 1. The van der Waals surface area contributed by atoms with Crippen LogP contribution in [0.3, 0.4) is 0 Å². The van der Waals surface area contributed by atoms with Crippen LogP contribution in [0.1, 0.15) is 24.0 Å². The second kappa shape index (κ2) is 4.88. The molecule has 4 heteroatoms. The molecule has 0 saturated heterocycles. The van der Waals surface area contributed by atoms with Gasteiger partial charge in [0.1, 0.15) is 11.5 Å². The van der Waals surface area contributed by atoms with Crippen molar-refractivity contribution in [1.82, 2.24) is 15.0 Å². The second-order valence-electron chi connectivity index (χ2n) is 5.76. The molecule has 3 aromatic heterocycles. The molecule has 0 amide bonds. The van der Waals surface area contributed by atoms with Crippen molar-refractivity contribution in [1.29, 1.82) is 0 Å². The number of aromatic nitrogens is 3. The molecule has 0 unspecified atom stereocenters. The fraction of sp³-hybridized carbons (Fsp3) is 0.294. The van der Waals surface area contributed by atoms with Gasteiger partial charge in [0.05, 0.1) is 0 Å². The Morgan fingerprint density at radius 2 is 2.14 bits per heavy atom. The number of nitrogens with zero attached hydrogens (tertiary/aromatic N) is 3. The summed E-state index contributed by atoms with van der Waals surface area (Å²) in [6.45, 7) is 0. The van der Waals surface area contributed by atoms with Gasteiger partial charge in [0.15, 0.2) is 0 Å². The summed E-state index contributed by atoms with van der Waals surface area (Å²) in [6, 6.07) is 9.09. The molecule has 1 N–H and O–H groups in total. The molecule has 4 nitrogen and oxygen atoms in total. The number of fused-ring (bicyclic) bond motifs is 1. The molecular weight excluding hydrogens is 260 g/mol. The maximum absolute atomic E-state index is 4.60. The molecule has 21 heavy (non-hydrogen) atoms. The second-order valence-corrected chi connectivity index (χ2v) is 5.76. The molecule has 0 spiro atoms. The molecule has 0 bridgehead atoms. The lowest BCUT2D eigenvalue weighted by Gasteiger charge is -2.17. The largest absolute Gasteiger partial charge is 0.357 e. The summed E-state index contributed by atoms with van der Waals surface area (Å²) >= 11 is 0. The zero-order chi connectivity index (χ0) is 14.2. The fourth-order valence-electron chi connectivity index (χ4n) is 2.76. The summed E-state index contributed by atoms with van der Waals surface area (Å²) < 4.78 is 0. The molecule has 0 aromatic carbocycles. The number of aromatic amines is 1. The van der Waals surface area contributed by atoms with Gasteiger partial charge in [-0.15, -0.1) is 0 Å². The van der Waals surface area contributed by atoms with Crippen LogP contribution in [-0.4, -0.2) is 28.0 Å². The highest BCUT2D eigenvalue weighted by Crippen LogP contribution is 2.29. The standard InChI is InChI=1S/C17H18N4/c1-21(14-5-6-14)16-7-4-12(10-19-16)9-13-11-20-17-15(13)3-2-8-18-17/h2-4,7-8,10-11,14H,5-6,9H2,1H3,(H,18,20). The molecule has 0 radical (unpaired) electrons. The predicted octanol–water partition coefficient (Wildman–Crippen LogP) is 3.15. The molecule has 1 saturated carbocycles. The molecule has 4 rings (SSSR count). The molecule has 1 fully saturated rings. The van der Waals surface area contributed by atoms with Gasteiger partial charge in [-0.05, 0) is 42.2 Å². The van der Waals surface area contributed by atoms with E-state index in [1.54, 1.807) is 0 Å². The molecule has 1 aliphatic carbocycles. The predicted molar refractivity (Wildman–Crippen MR) is 84.6 cm³/mol. The maximum atomic E-state index is 4.60. The molecule has 106 valence electrons. The van der Waals surface area contributed by atoms with E-state index in [2.05, 4.69) is 45.1 Å². The van der Waals surface area contributed by atoms with Crippen LogP contribution < -0.4 is 4.90 Å². The van der Waals surface area contributed by atoms with E-state index in [-0.39, 0.29) is 0 Å². The highest BCUT2D eigenvalue weighted by molar-refractivity contribution is 5.79. The van der Waals surface area contributed by atoms with Gasteiger partial charge in [0.2, 0.25) is 0 Å². The van der Waals surface area contributed by atoms with Gasteiger partial charge in [-0.25, -0.2) is 9.97 Å². The third-order valence-corrected chi connectivity index (χ3v) is 4.20. The Kier molecular flexibility index (Phi) is 2.88. The van der Waals surface area contributed by atoms with Gasteiger partial charge >= 0.3 is 0 Å². The summed E-state index contributed by atoms with van der Waals surface area (Å²) in [6.07, 6.45) is 9.31. The Morgan fingerprint density at radius 3 is 2.90 bits per heavy atom. The Hall–Kier alpha value is -2.36. The first kappa shape index (κ1) is 12.4. The molecule has 0 aliphatic heterocycles. The number of pyridine rings is 2. The number of anilines is 1. The molecule has 0 atom stereocenters. The van der Waals surface area contributed by atoms with Crippen molar-refractivity contribution in [3.05, 3.63) is 54.0 Å². The van der Waals surface area contributed by atoms with E-state index in [4.69, 9.17) is 0 Å². The van der Waals surface area contributed by atoms with Crippen molar-refractivity contribution in [2.45, 2.75) is 25.3 Å². The van der Waals surface area contributed by atoms with Gasteiger partial charge in [-0.1, -0.05) is 6.07 Å². The van der Waals surface area contributed by atoms with Gasteiger partial charge in [-0.3, -0.25) is 0 Å². The monoisotopic (exact) mass is 278 g/mol. The van der Waals surface area contributed by atoms with Gasteiger partial charge in [-0.2, -0.15) is 0 Å². The Morgan fingerprint density at radius 1 is 1.24 bits per heavy atom. The van der Waals surface area contributed by atoms with Crippen molar-refractivity contribution in [2.24, 2.45) is 0 Å². The van der Waals surface area contributed by atoms with Gasteiger partial charge in [0.25, 0.3) is 0 Å². The van der Waals surface area contributed by atoms with Crippen LogP contribution in [-0.2, 0) is 6.42 Å². The van der Waals surface area contributed by atoms with Crippen LogP contribution in [0.5, 0.6) is 0 Å². The van der Waals surface area contributed by atoms with Crippen LogP contribution in [0.15, 0.2) is 42.9 Å². The highest BCUT2D eigenvalue weighted by atomic mass is 15.2. The summed E-state index contributed by atoms with van der Waals surface area (Å²) in [4.78, 5) is 14.4. The van der Waals surface area contributed by atoms with E-state index < -0.39 is 0 Å². The van der Waals surface area contributed by atoms with Crippen molar-refractivity contribution < 1.29 is 0 Å². The van der Waals surface area contributed by atoms with Crippen LogP contribution >= 0.6 is 0 Å². The van der Waals surface area contributed by atoms with Crippen molar-refractivity contribution >= 4 is 16.9 Å². The molecule has 3 heterocycles. The van der Waals surface area contributed by atoms with E-state index >= 15 is 0 Å². The number of nitrogens with one attached hydrogen (secondary N) is 1. The van der Waals surface area contributed by atoms with Crippen molar-refractivity contribution in [2.75, 3.05) is 11.9 Å². The van der Waals surface area contributed by atoms with Crippen molar-refractivity contribution in [3.8, 4) is 0 Å². The Balaban J connectivity index is 1.56.